The van der Waals surface area contributed by atoms with Gasteiger partial charge in [0.25, 0.3) is 0 Å². The van der Waals surface area contributed by atoms with E-state index in [9.17, 15) is 9.59 Å². The van der Waals surface area contributed by atoms with Crippen LogP contribution in [0.25, 0.3) is 16.9 Å². The Morgan fingerprint density at radius 1 is 1.35 bits per heavy atom. The van der Waals surface area contributed by atoms with Crippen molar-refractivity contribution in [3.05, 3.63) is 42.5 Å². The van der Waals surface area contributed by atoms with Gasteiger partial charge in [0.15, 0.2) is 11.5 Å². The van der Waals surface area contributed by atoms with Gasteiger partial charge in [-0.15, -0.1) is 5.10 Å². The summed E-state index contributed by atoms with van der Waals surface area (Å²) in [6.07, 6.45) is 2.21. The molecule has 9 nitrogen and oxygen atoms in total. The average Bonchev–Trinajstić information content (AvgIpc) is 3.27. The highest BCUT2D eigenvalue weighted by Crippen LogP contribution is 2.32. The number of benzene rings is 1. The first-order valence-corrected chi connectivity index (χ1v) is 10.1. The molecule has 0 spiro atoms. The Bertz CT molecular complexity index is 1120. The van der Waals surface area contributed by atoms with Crippen molar-refractivity contribution in [2.24, 2.45) is 5.92 Å². The number of carbonyl (C=O) groups is 2. The Hall–Kier alpha value is -3.49. The van der Waals surface area contributed by atoms with Crippen LogP contribution < -0.4 is 10.1 Å². The van der Waals surface area contributed by atoms with Crippen LogP contribution in [0.3, 0.4) is 0 Å². The number of carbonyl (C=O) groups excluding carboxylic acids is 2. The molecule has 0 saturated carbocycles. The van der Waals surface area contributed by atoms with Gasteiger partial charge in [-0.1, -0.05) is 0 Å². The van der Waals surface area contributed by atoms with E-state index in [1.54, 1.807) is 24.9 Å². The largest absolute Gasteiger partial charge is 0.497 e. The second-order valence-electron chi connectivity index (χ2n) is 8.35. The molecule has 1 aliphatic rings. The van der Waals surface area contributed by atoms with Crippen LogP contribution in [0.4, 0.5) is 0 Å². The summed E-state index contributed by atoms with van der Waals surface area (Å²) in [4.78, 5) is 33.4. The second kappa shape index (κ2) is 7.98. The predicted octanol–water partition coefficient (Wildman–Crippen LogP) is 2.71. The summed E-state index contributed by atoms with van der Waals surface area (Å²) < 4.78 is 12.1. The highest BCUT2D eigenvalue weighted by molar-refractivity contribution is 5.84. The van der Waals surface area contributed by atoms with E-state index in [0.29, 0.717) is 17.9 Å². The van der Waals surface area contributed by atoms with E-state index in [-0.39, 0.29) is 18.3 Å². The predicted molar refractivity (Wildman–Crippen MR) is 112 cm³/mol. The van der Waals surface area contributed by atoms with Gasteiger partial charge < -0.3 is 14.8 Å². The maximum atomic E-state index is 12.4. The zero-order valence-electron chi connectivity index (χ0n) is 18.0. The smallest absolute Gasteiger partial charge is 0.310 e. The van der Waals surface area contributed by atoms with Crippen LogP contribution >= 0.6 is 0 Å². The van der Waals surface area contributed by atoms with Crippen LogP contribution in [0.2, 0.25) is 0 Å². The van der Waals surface area contributed by atoms with Gasteiger partial charge in [0.2, 0.25) is 5.91 Å². The van der Waals surface area contributed by atoms with Gasteiger partial charge in [-0.05, 0) is 45.0 Å². The fourth-order valence-corrected chi connectivity index (χ4v) is 3.73. The van der Waals surface area contributed by atoms with E-state index < -0.39 is 17.6 Å². The molecule has 1 fully saturated rings. The van der Waals surface area contributed by atoms with Gasteiger partial charge in [-0.2, -0.15) is 0 Å². The first-order chi connectivity index (χ1) is 14.7. The topological polar surface area (TPSA) is 108 Å². The maximum Gasteiger partial charge on any atom is 0.310 e. The van der Waals surface area contributed by atoms with Gasteiger partial charge in [0, 0.05) is 24.5 Å². The number of rotatable bonds is 6. The molecule has 3 heterocycles. The first kappa shape index (κ1) is 20.8. The zero-order valence-corrected chi connectivity index (χ0v) is 18.0. The Morgan fingerprint density at radius 2 is 2.10 bits per heavy atom. The lowest BCUT2D eigenvalue weighted by Crippen LogP contribution is -2.30. The minimum atomic E-state index is -0.522. The molecule has 0 bridgehead atoms. The molecule has 0 radical (unpaired) electrons. The van der Waals surface area contributed by atoms with Gasteiger partial charge in [0.05, 0.1) is 24.8 Å². The molecule has 0 aliphatic carbocycles. The minimum absolute atomic E-state index is 0.0865. The van der Waals surface area contributed by atoms with Crippen LogP contribution in [0.15, 0.2) is 36.7 Å². The summed E-state index contributed by atoms with van der Waals surface area (Å²) in [6.45, 7) is 5.50. The van der Waals surface area contributed by atoms with Crippen LogP contribution in [-0.4, -0.2) is 44.2 Å². The molecular weight excluding hydrogens is 398 g/mol. The average molecular weight is 423 g/mol. The van der Waals surface area contributed by atoms with Crippen LogP contribution in [-0.2, 0) is 14.3 Å². The lowest BCUT2D eigenvalue weighted by molar-refractivity contribution is -0.149. The number of amides is 1. The Labute approximate surface area is 179 Å². The molecule has 162 valence electrons. The van der Waals surface area contributed by atoms with E-state index in [2.05, 4.69) is 20.4 Å². The van der Waals surface area contributed by atoms with Crippen molar-refractivity contribution >= 4 is 17.5 Å². The zero-order chi connectivity index (χ0) is 22.2. The summed E-state index contributed by atoms with van der Waals surface area (Å²) in [5.41, 5.74) is 1.79. The van der Waals surface area contributed by atoms with Gasteiger partial charge in [-0.25, -0.2) is 14.5 Å². The summed E-state index contributed by atoms with van der Waals surface area (Å²) >= 11 is 0. The van der Waals surface area contributed by atoms with Crippen LogP contribution in [0.5, 0.6) is 5.75 Å². The van der Waals surface area contributed by atoms with E-state index in [4.69, 9.17) is 9.47 Å². The number of esters is 1. The standard InChI is InChI=1S/C22H25N5O4/c1-13(24-19(28)9-15-11-22(2,3)31-21(15)29)20-25-18-10-17(23-12-27(18)26-20)14-5-7-16(30-4)8-6-14/h5-8,10,12-13,15H,9,11H2,1-4H3,(H,24,28)/t13-,15+/m0/s1. The molecule has 4 rings (SSSR count). The molecule has 2 atom stereocenters. The number of methoxy groups -OCH3 is 1. The van der Waals surface area contributed by atoms with Crippen LogP contribution in [0.1, 0.15) is 45.5 Å². The molecule has 9 heteroatoms. The van der Waals surface area contributed by atoms with Crippen molar-refractivity contribution in [2.45, 2.75) is 45.3 Å². The van der Waals surface area contributed by atoms with Crippen molar-refractivity contribution < 1.29 is 19.1 Å². The number of hydrogen-bond acceptors (Lipinski definition) is 7. The lowest BCUT2D eigenvalue weighted by atomic mass is 9.94. The Morgan fingerprint density at radius 3 is 2.74 bits per heavy atom. The van der Waals surface area contributed by atoms with E-state index in [1.807, 2.05) is 44.2 Å². The van der Waals surface area contributed by atoms with E-state index in [0.717, 1.165) is 17.0 Å². The molecule has 1 saturated heterocycles. The first-order valence-electron chi connectivity index (χ1n) is 10.1. The number of nitrogens with zero attached hydrogens (tertiary/aromatic N) is 4. The summed E-state index contributed by atoms with van der Waals surface area (Å²) in [5, 5.41) is 7.29. The fourth-order valence-electron chi connectivity index (χ4n) is 3.73. The number of hydrogen-bond donors (Lipinski definition) is 1. The Balaban J connectivity index is 1.45. The number of ether oxygens (including phenoxy) is 2. The third-order valence-corrected chi connectivity index (χ3v) is 5.28. The number of nitrogens with one attached hydrogen (secondary N) is 1. The molecular formula is C22H25N5O4. The molecule has 1 aliphatic heterocycles. The molecule has 2 aromatic heterocycles. The van der Waals surface area contributed by atoms with Crippen molar-refractivity contribution in [1.29, 1.82) is 0 Å². The van der Waals surface area contributed by atoms with Crippen molar-refractivity contribution in [3.8, 4) is 17.0 Å². The van der Waals surface area contributed by atoms with Crippen molar-refractivity contribution in [3.63, 3.8) is 0 Å². The lowest BCUT2D eigenvalue weighted by Gasteiger charge is -2.14. The second-order valence-corrected chi connectivity index (χ2v) is 8.35. The molecule has 0 unspecified atom stereocenters. The number of fused-ring (bicyclic) bond motifs is 1. The van der Waals surface area contributed by atoms with Crippen LogP contribution in [0, 0.1) is 5.92 Å². The van der Waals surface area contributed by atoms with E-state index in [1.165, 1.54) is 0 Å². The third-order valence-electron chi connectivity index (χ3n) is 5.28. The summed E-state index contributed by atoms with van der Waals surface area (Å²) in [6, 6.07) is 9.01. The quantitative estimate of drug-likeness (QED) is 0.607. The van der Waals surface area contributed by atoms with Gasteiger partial charge in [-0.3, -0.25) is 9.59 Å². The third kappa shape index (κ3) is 4.50. The molecule has 1 aromatic carbocycles. The van der Waals surface area contributed by atoms with E-state index >= 15 is 0 Å². The van der Waals surface area contributed by atoms with Crippen molar-refractivity contribution in [1.82, 2.24) is 24.9 Å². The fraction of sp³-hybridized carbons (Fsp3) is 0.409. The Kier molecular flexibility index (Phi) is 5.34. The maximum absolute atomic E-state index is 12.4. The highest BCUT2D eigenvalue weighted by Gasteiger charge is 2.41. The molecule has 1 N–H and O–H groups in total. The molecule has 1 amide bonds. The highest BCUT2D eigenvalue weighted by atomic mass is 16.6. The number of cyclic esters (lactones) is 1. The van der Waals surface area contributed by atoms with Crippen molar-refractivity contribution in [2.75, 3.05) is 7.11 Å². The normalized spacial score (nSPS) is 18.6. The SMILES string of the molecule is COc1ccc(-c2cc3nc([C@H](C)NC(=O)C[C@@H]4CC(C)(C)OC4=O)nn3cn2)cc1. The summed E-state index contributed by atoms with van der Waals surface area (Å²) in [7, 11) is 1.62. The molecule has 3 aromatic rings. The monoisotopic (exact) mass is 423 g/mol. The van der Waals surface area contributed by atoms with Gasteiger partial charge >= 0.3 is 5.97 Å². The summed E-state index contributed by atoms with van der Waals surface area (Å²) in [5.74, 6) is 0.260. The number of aromatic nitrogens is 4. The minimum Gasteiger partial charge on any atom is -0.497 e. The molecule has 31 heavy (non-hydrogen) atoms. The van der Waals surface area contributed by atoms with Gasteiger partial charge in [0.1, 0.15) is 17.7 Å².